The van der Waals surface area contributed by atoms with Crippen molar-refractivity contribution >= 4 is 17.3 Å². The molecule has 0 unspecified atom stereocenters. The van der Waals surface area contributed by atoms with E-state index in [1.807, 2.05) is 0 Å². The number of ether oxygens (including phenoxy) is 1. The lowest BCUT2D eigenvalue weighted by molar-refractivity contribution is -0.136. The summed E-state index contributed by atoms with van der Waals surface area (Å²) in [7, 11) is 0. The minimum atomic E-state index is -0.850. The van der Waals surface area contributed by atoms with E-state index in [1.165, 1.54) is 11.3 Å². The van der Waals surface area contributed by atoms with Gasteiger partial charge >= 0.3 is 5.97 Å². The molecule has 2 heterocycles. The fourth-order valence-electron chi connectivity index (χ4n) is 2.88. The van der Waals surface area contributed by atoms with Crippen LogP contribution in [0, 0.1) is 0 Å². The number of aliphatic carboxylic acids is 1. The third kappa shape index (κ3) is 3.36. The predicted molar refractivity (Wildman–Crippen MR) is 93.0 cm³/mol. The molecule has 2 aromatic heterocycles. The van der Waals surface area contributed by atoms with Crippen molar-refractivity contribution in [1.29, 1.82) is 0 Å². The lowest BCUT2D eigenvalue weighted by Crippen LogP contribution is -2.01. The Morgan fingerprint density at radius 2 is 2.04 bits per heavy atom. The average molecular weight is 353 g/mol. The smallest absolute Gasteiger partial charge is 0.307 e. The summed E-state index contributed by atoms with van der Waals surface area (Å²) in [6.07, 6.45) is 4.64. The molecule has 0 saturated heterocycles. The van der Waals surface area contributed by atoms with Gasteiger partial charge in [-0.05, 0) is 37.0 Å². The highest BCUT2D eigenvalue weighted by molar-refractivity contribution is 7.13. The molecule has 1 aliphatic carbocycles. The van der Waals surface area contributed by atoms with Crippen molar-refractivity contribution in [2.75, 3.05) is 0 Å². The standard InChI is InChI=1S/C18H15N3O3S/c22-16(23)8-11-4-6-12(7-5-11)24-18-13-2-1-3-14(13)20-17(21-18)15-9-19-10-25-15/h4-7,9-10H,1-3,8H2,(H,22,23). The molecule has 1 N–H and O–H groups in total. The summed E-state index contributed by atoms with van der Waals surface area (Å²) in [5.41, 5.74) is 4.59. The topological polar surface area (TPSA) is 85.2 Å². The monoisotopic (exact) mass is 353 g/mol. The number of hydrogen-bond acceptors (Lipinski definition) is 6. The van der Waals surface area contributed by atoms with Gasteiger partial charge in [0.05, 0.1) is 22.5 Å². The Labute approximate surface area is 148 Å². The third-order valence-electron chi connectivity index (χ3n) is 4.04. The molecule has 0 bridgehead atoms. The zero-order valence-corrected chi connectivity index (χ0v) is 14.1. The van der Waals surface area contributed by atoms with Gasteiger partial charge < -0.3 is 9.84 Å². The molecular weight excluding hydrogens is 338 g/mol. The molecule has 0 radical (unpaired) electrons. The number of aromatic nitrogens is 3. The van der Waals surface area contributed by atoms with Crippen LogP contribution in [0.4, 0.5) is 0 Å². The van der Waals surface area contributed by atoms with E-state index in [1.54, 1.807) is 36.0 Å². The van der Waals surface area contributed by atoms with E-state index < -0.39 is 5.97 Å². The molecule has 0 saturated carbocycles. The van der Waals surface area contributed by atoms with Crippen LogP contribution in [0.15, 0.2) is 36.0 Å². The van der Waals surface area contributed by atoms with Crippen LogP contribution in [-0.2, 0) is 24.1 Å². The molecule has 0 fully saturated rings. The number of benzene rings is 1. The minimum absolute atomic E-state index is 0.00128. The molecule has 0 atom stereocenters. The molecule has 0 amide bonds. The second-order valence-electron chi connectivity index (χ2n) is 5.81. The van der Waals surface area contributed by atoms with Crippen LogP contribution in [0.2, 0.25) is 0 Å². The van der Waals surface area contributed by atoms with E-state index in [2.05, 4.69) is 15.0 Å². The van der Waals surface area contributed by atoms with Crippen molar-refractivity contribution in [3.05, 3.63) is 52.8 Å². The number of carboxylic acids is 1. The quantitative estimate of drug-likeness (QED) is 0.755. The Morgan fingerprint density at radius 3 is 2.76 bits per heavy atom. The largest absolute Gasteiger partial charge is 0.481 e. The van der Waals surface area contributed by atoms with Gasteiger partial charge in [-0.3, -0.25) is 9.78 Å². The van der Waals surface area contributed by atoms with Crippen molar-refractivity contribution in [3.8, 4) is 22.3 Å². The number of nitrogens with zero attached hydrogens (tertiary/aromatic N) is 3. The average Bonchev–Trinajstić information content (AvgIpc) is 3.27. The van der Waals surface area contributed by atoms with Gasteiger partial charge in [-0.25, -0.2) is 4.98 Å². The van der Waals surface area contributed by atoms with Crippen LogP contribution >= 0.6 is 11.3 Å². The van der Waals surface area contributed by atoms with E-state index >= 15 is 0 Å². The molecule has 1 aliphatic rings. The van der Waals surface area contributed by atoms with E-state index in [4.69, 9.17) is 9.84 Å². The summed E-state index contributed by atoms with van der Waals surface area (Å²) in [6.45, 7) is 0. The first kappa shape index (κ1) is 15.7. The molecule has 6 nitrogen and oxygen atoms in total. The fourth-order valence-corrected chi connectivity index (χ4v) is 3.43. The SMILES string of the molecule is O=C(O)Cc1ccc(Oc2nc(-c3cncs3)nc3c2CCC3)cc1. The second kappa shape index (κ2) is 6.60. The van der Waals surface area contributed by atoms with Crippen LogP contribution in [0.3, 0.4) is 0 Å². The molecule has 0 spiro atoms. The maximum atomic E-state index is 10.8. The van der Waals surface area contributed by atoms with Crippen molar-refractivity contribution in [1.82, 2.24) is 15.0 Å². The van der Waals surface area contributed by atoms with Crippen LogP contribution in [0.25, 0.3) is 10.7 Å². The van der Waals surface area contributed by atoms with Crippen molar-refractivity contribution in [2.45, 2.75) is 25.7 Å². The summed E-state index contributed by atoms with van der Waals surface area (Å²) in [5, 5.41) is 8.85. The zero-order chi connectivity index (χ0) is 17.2. The summed E-state index contributed by atoms with van der Waals surface area (Å²) in [4.78, 5) is 25.0. The first-order valence-electron chi connectivity index (χ1n) is 7.96. The van der Waals surface area contributed by atoms with Gasteiger partial charge in [0.1, 0.15) is 5.75 Å². The van der Waals surface area contributed by atoms with E-state index in [0.717, 1.165) is 41.0 Å². The molecule has 25 heavy (non-hydrogen) atoms. The van der Waals surface area contributed by atoms with Crippen LogP contribution in [-0.4, -0.2) is 26.0 Å². The normalized spacial score (nSPS) is 12.8. The van der Waals surface area contributed by atoms with Gasteiger partial charge in [-0.1, -0.05) is 12.1 Å². The molecule has 7 heteroatoms. The zero-order valence-electron chi connectivity index (χ0n) is 13.3. The fraction of sp³-hybridized carbons (Fsp3) is 0.222. The summed E-state index contributed by atoms with van der Waals surface area (Å²) < 4.78 is 6.01. The van der Waals surface area contributed by atoms with Gasteiger partial charge in [0, 0.05) is 11.8 Å². The van der Waals surface area contributed by atoms with Crippen molar-refractivity contribution in [2.24, 2.45) is 0 Å². The third-order valence-corrected chi connectivity index (χ3v) is 4.81. The van der Waals surface area contributed by atoms with E-state index in [0.29, 0.717) is 17.5 Å². The predicted octanol–water partition coefficient (Wildman–Crippen LogP) is 3.51. The summed E-state index contributed by atoms with van der Waals surface area (Å²) in [6, 6.07) is 7.06. The first-order chi connectivity index (χ1) is 12.2. The van der Waals surface area contributed by atoms with Gasteiger partial charge in [0.25, 0.3) is 0 Å². The highest BCUT2D eigenvalue weighted by Gasteiger charge is 2.22. The van der Waals surface area contributed by atoms with E-state index in [-0.39, 0.29) is 6.42 Å². The molecule has 1 aromatic carbocycles. The highest BCUT2D eigenvalue weighted by atomic mass is 32.1. The Balaban J connectivity index is 1.64. The number of rotatable bonds is 5. The Morgan fingerprint density at radius 1 is 1.20 bits per heavy atom. The first-order valence-corrected chi connectivity index (χ1v) is 8.84. The van der Waals surface area contributed by atoms with Crippen molar-refractivity contribution < 1.29 is 14.6 Å². The molecular formula is C18H15N3O3S. The lowest BCUT2D eigenvalue weighted by atomic mass is 10.1. The number of thiazole rings is 1. The minimum Gasteiger partial charge on any atom is -0.481 e. The molecule has 4 rings (SSSR count). The van der Waals surface area contributed by atoms with Gasteiger partial charge in [-0.15, -0.1) is 11.3 Å². The Hall–Kier alpha value is -2.80. The van der Waals surface area contributed by atoms with Crippen molar-refractivity contribution in [3.63, 3.8) is 0 Å². The summed E-state index contributed by atoms with van der Waals surface area (Å²) >= 11 is 1.50. The van der Waals surface area contributed by atoms with Gasteiger partial charge in [-0.2, -0.15) is 4.98 Å². The Bertz CT molecular complexity index is 908. The number of carbonyl (C=O) groups is 1. The number of fused-ring (bicyclic) bond motifs is 1. The maximum Gasteiger partial charge on any atom is 0.307 e. The molecule has 126 valence electrons. The van der Waals surface area contributed by atoms with E-state index in [9.17, 15) is 4.79 Å². The summed E-state index contributed by atoms with van der Waals surface area (Å²) in [5.74, 6) is 1.01. The van der Waals surface area contributed by atoms with Crippen LogP contribution in [0.1, 0.15) is 23.2 Å². The van der Waals surface area contributed by atoms with Crippen LogP contribution in [0.5, 0.6) is 11.6 Å². The molecule has 0 aliphatic heterocycles. The lowest BCUT2D eigenvalue weighted by Gasteiger charge is -2.11. The molecule has 3 aromatic rings. The highest BCUT2D eigenvalue weighted by Crippen LogP contribution is 2.34. The second-order valence-corrected chi connectivity index (χ2v) is 6.70. The Kier molecular flexibility index (Phi) is 4.15. The maximum absolute atomic E-state index is 10.8. The number of carboxylic acid groups (broad SMARTS) is 1. The van der Waals surface area contributed by atoms with Gasteiger partial charge in [0.2, 0.25) is 5.88 Å². The van der Waals surface area contributed by atoms with Gasteiger partial charge in [0.15, 0.2) is 5.82 Å². The number of hydrogen-bond donors (Lipinski definition) is 1. The number of aryl methyl sites for hydroxylation is 1. The van der Waals surface area contributed by atoms with Crippen LogP contribution < -0.4 is 4.74 Å².